The van der Waals surface area contributed by atoms with Crippen LogP contribution in [0, 0.1) is 11.8 Å². The van der Waals surface area contributed by atoms with Crippen LogP contribution >= 0.6 is 0 Å². The molecule has 0 bridgehead atoms. The summed E-state index contributed by atoms with van der Waals surface area (Å²) in [6.45, 7) is 4.44. The molecule has 0 radical (unpaired) electrons. The minimum Gasteiger partial charge on any atom is -0.479 e. The molecule has 0 heterocycles. The molecular formula is C15H28N2O3. The first-order chi connectivity index (χ1) is 9.42. The van der Waals surface area contributed by atoms with Gasteiger partial charge in [0.2, 0.25) is 5.91 Å². The molecule has 0 aromatic rings. The van der Waals surface area contributed by atoms with Gasteiger partial charge in [0.05, 0.1) is 0 Å². The minimum atomic E-state index is -1.10. The minimum absolute atomic E-state index is 0.0456. The summed E-state index contributed by atoms with van der Waals surface area (Å²) in [7, 11) is 0. The van der Waals surface area contributed by atoms with E-state index in [1.54, 1.807) is 0 Å². The van der Waals surface area contributed by atoms with Crippen LogP contribution in [0.4, 0.5) is 0 Å². The smallest absolute Gasteiger partial charge is 0.329 e. The second-order valence-electron chi connectivity index (χ2n) is 6.30. The molecule has 20 heavy (non-hydrogen) atoms. The Morgan fingerprint density at radius 2 is 1.95 bits per heavy atom. The van der Waals surface area contributed by atoms with E-state index in [1.165, 1.54) is 0 Å². The Morgan fingerprint density at radius 3 is 2.40 bits per heavy atom. The van der Waals surface area contributed by atoms with Gasteiger partial charge in [-0.05, 0) is 44.1 Å². The van der Waals surface area contributed by atoms with Gasteiger partial charge in [-0.25, -0.2) is 4.79 Å². The molecule has 1 aliphatic carbocycles. The average molecular weight is 284 g/mol. The number of aliphatic carboxylic acids is 1. The highest BCUT2D eigenvalue weighted by molar-refractivity contribution is 5.87. The summed E-state index contributed by atoms with van der Waals surface area (Å²) in [6, 6.07) is 0. The number of hydrogen-bond acceptors (Lipinski definition) is 3. The molecule has 5 heteroatoms. The van der Waals surface area contributed by atoms with Gasteiger partial charge in [-0.1, -0.05) is 26.7 Å². The van der Waals surface area contributed by atoms with Crippen molar-refractivity contribution in [3.63, 3.8) is 0 Å². The van der Waals surface area contributed by atoms with Crippen molar-refractivity contribution in [3.8, 4) is 0 Å². The number of nitrogens with one attached hydrogen (secondary N) is 1. The van der Waals surface area contributed by atoms with Gasteiger partial charge in [-0.2, -0.15) is 0 Å². The number of carbonyl (C=O) groups is 2. The van der Waals surface area contributed by atoms with Gasteiger partial charge in [-0.3, -0.25) is 4.79 Å². The Kier molecular flexibility index (Phi) is 6.46. The molecule has 0 unspecified atom stereocenters. The normalized spacial score (nSPS) is 19.0. The van der Waals surface area contributed by atoms with Crippen LogP contribution in [-0.2, 0) is 9.59 Å². The summed E-state index contributed by atoms with van der Waals surface area (Å²) in [5.41, 5.74) is 4.31. The lowest BCUT2D eigenvalue weighted by Crippen LogP contribution is -2.59. The van der Waals surface area contributed by atoms with Gasteiger partial charge in [-0.15, -0.1) is 0 Å². The van der Waals surface area contributed by atoms with Gasteiger partial charge in [0.1, 0.15) is 5.54 Å². The first-order valence-electron chi connectivity index (χ1n) is 7.67. The van der Waals surface area contributed by atoms with Crippen molar-refractivity contribution in [1.29, 1.82) is 0 Å². The zero-order valence-electron chi connectivity index (χ0n) is 12.7. The van der Waals surface area contributed by atoms with Crippen molar-refractivity contribution in [2.75, 3.05) is 6.54 Å². The Labute approximate surface area is 121 Å². The van der Waals surface area contributed by atoms with Crippen molar-refractivity contribution in [3.05, 3.63) is 0 Å². The maximum Gasteiger partial charge on any atom is 0.329 e. The lowest BCUT2D eigenvalue weighted by molar-refractivity contribution is -0.151. The highest BCUT2D eigenvalue weighted by Crippen LogP contribution is 2.38. The lowest BCUT2D eigenvalue weighted by Gasteiger charge is -2.37. The highest BCUT2D eigenvalue weighted by Gasteiger charge is 2.47. The third-order valence-corrected chi connectivity index (χ3v) is 4.13. The van der Waals surface area contributed by atoms with Crippen LogP contribution < -0.4 is 11.1 Å². The number of hydrogen-bond donors (Lipinski definition) is 3. The van der Waals surface area contributed by atoms with Crippen LogP contribution in [0.2, 0.25) is 0 Å². The van der Waals surface area contributed by atoms with Crippen LogP contribution in [0.3, 0.4) is 0 Å². The largest absolute Gasteiger partial charge is 0.479 e. The zero-order valence-corrected chi connectivity index (χ0v) is 12.7. The third-order valence-electron chi connectivity index (χ3n) is 4.13. The molecule has 1 amide bonds. The summed E-state index contributed by atoms with van der Waals surface area (Å²) < 4.78 is 0. The standard InChI is InChI=1S/C15H28N2O3/c1-11(2)10-15(14(19)20,12-6-3-4-7-12)17-13(18)8-5-9-16/h11-12H,3-10,16H2,1-2H3,(H,17,18)(H,19,20)/t15-/m1/s1. The Balaban J connectivity index is 2.90. The predicted molar refractivity (Wildman–Crippen MR) is 78.2 cm³/mol. The summed E-state index contributed by atoms with van der Waals surface area (Å²) in [5, 5.41) is 12.6. The molecule has 1 atom stereocenters. The fourth-order valence-corrected chi connectivity index (χ4v) is 3.27. The summed E-state index contributed by atoms with van der Waals surface area (Å²) >= 11 is 0. The fourth-order valence-electron chi connectivity index (χ4n) is 3.27. The number of carboxylic acid groups (broad SMARTS) is 1. The van der Waals surface area contributed by atoms with E-state index in [9.17, 15) is 14.7 Å². The molecule has 0 aromatic heterocycles. The van der Waals surface area contributed by atoms with Gasteiger partial charge in [0.25, 0.3) is 0 Å². The van der Waals surface area contributed by atoms with E-state index in [2.05, 4.69) is 5.32 Å². The van der Waals surface area contributed by atoms with Crippen molar-refractivity contribution in [2.45, 2.75) is 64.3 Å². The summed E-state index contributed by atoms with van der Waals surface area (Å²) in [6.07, 6.45) is 5.25. The van der Waals surface area contributed by atoms with Crippen molar-refractivity contribution in [2.24, 2.45) is 17.6 Å². The SMILES string of the molecule is CC(C)C[C@](NC(=O)CCCN)(C(=O)O)C1CCCC1. The van der Waals surface area contributed by atoms with Gasteiger partial charge < -0.3 is 16.2 Å². The van der Waals surface area contributed by atoms with Gasteiger partial charge >= 0.3 is 5.97 Å². The van der Waals surface area contributed by atoms with Crippen molar-refractivity contribution < 1.29 is 14.7 Å². The molecule has 4 N–H and O–H groups in total. The Hall–Kier alpha value is -1.10. The molecule has 116 valence electrons. The number of nitrogens with two attached hydrogens (primary N) is 1. The number of rotatable bonds is 8. The van der Waals surface area contributed by atoms with Crippen LogP contribution in [0.25, 0.3) is 0 Å². The second-order valence-corrected chi connectivity index (χ2v) is 6.30. The van der Waals surface area contributed by atoms with Crippen LogP contribution in [0.1, 0.15) is 58.8 Å². The van der Waals surface area contributed by atoms with E-state index in [0.717, 1.165) is 25.7 Å². The third kappa shape index (κ3) is 4.20. The topological polar surface area (TPSA) is 92.4 Å². The maximum absolute atomic E-state index is 12.0. The molecule has 1 aliphatic rings. The quantitative estimate of drug-likeness (QED) is 0.634. The van der Waals surface area contributed by atoms with Crippen molar-refractivity contribution >= 4 is 11.9 Å². The monoisotopic (exact) mass is 284 g/mol. The van der Waals surface area contributed by atoms with Crippen LogP contribution in [0.5, 0.6) is 0 Å². The summed E-state index contributed by atoms with van der Waals surface area (Å²) in [4.78, 5) is 23.9. The zero-order chi connectivity index (χ0) is 15.2. The van der Waals surface area contributed by atoms with E-state index in [1.807, 2.05) is 13.8 Å². The lowest BCUT2D eigenvalue weighted by atomic mass is 9.76. The Bertz CT molecular complexity index is 338. The van der Waals surface area contributed by atoms with E-state index in [4.69, 9.17) is 5.73 Å². The fraction of sp³-hybridized carbons (Fsp3) is 0.867. The van der Waals surface area contributed by atoms with Crippen molar-refractivity contribution in [1.82, 2.24) is 5.32 Å². The molecule has 0 aliphatic heterocycles. The maximum atomic E-state index is 12.0. The molecule has 1 fully saturated rings. The molecule has 1 rings (SSSR count). The first kappa shape index (κ1) is 17.0. The molecular weight excluding hydrogens is 256 g/mol. The number of carboxylic acids is 1. The number of carbonyl (C=O) groups excluding carboxylic acids is 1. The van der Waals surface area contributed by atoms with Crippen LogP contribution in [-0.4, -0.2) is 29.1 Å². The highest BCUT2D eigenvalue weighted by atomic mass is 16.4. The molecule has 5 nitrogen and oxygen atoms in total. The van der Waals surface area contributed by atoms with Crippen LogP contribution in [0.15, 0.2) is 0 Å². The predicted octanol–water partition coefficient (Wildman–Crippen LogP) is 1.90. The van der Waals surface area contributed by atoms with E-state index < -0.39 is 11.5 Å². The van der Waals surface area contributed by atoms with Gasteiger partial charge in [0.15, 0.2) is 0 Å². The van der Waals surface area contributed by atoms with Gasteiger partial charge in [0, 0.05) is 6.42 Å². The Morgan fingerprint density at radius 1 is 1.35 bits per heavy atom. The van der Waals surface area contributed by atoms with E-state index in [0.29, 0.717) is 25.8 Å². The summed E-state index contributed by atoms with van der Waals surface area (Å²) in [5.74, 6) is -0.810. The molecule has 1 saturated carbocycles. The molecule has 0 aromatic carbocycles. The molecule has 0 saturated heterocycles. The second kappa shape index (κ2) is 7.62. The van der Waals surface area contributed by atoms with E-state index in [-0.39, 0.29) is 17.7 Å². The first-order valence-corrected chi connectivity index (χ1v) is 7.67. The molecule has 0 spiro atoms. The van der Waals surface area contributed by atoms with E-state index >= 15 is 0 Å². The number of amides is 1. The average Bonchev–Trinajstić information content (AvgIpc) is 2.88.